The van der Waals surface area contributed by atoms with Crippen molar-refractivity contribution in [3.8, 4) is 6.01 Å². The molecule has 0 aliphatic carbocycles. The van der Waals surface area contributed by atoms with E-state index in [1.54, 1.807) is 30.5 Å². The van der Waals surface area contributed by atoms with Gasteiger partial charge in [-0.25, -0.2) is 4.68 Å². The highest BCUT2D eigenvalue weighted by atomic mass is 16.5. The minimum Gasteiger partial charge on any atom is -0.467 e. The monoisotopic (exact) mass is 157 g/mol. The van der Waals surface area contributed by atoms with Crippen LogP contribution in [0.1, 0.15) is 0 Å². The summed E-state index contributed by atoms with van der Waals surface area (Å²) in [7, 11) is 5.06. The Morgan fingerprint density at radius 1 is 1.55 bits per heavy atom. The Bertz CT molecular complexity index is 309. The van der Waals surface area contributed by atoms with Crippen LogP contribution in [0, 0.1) is 0 Å². The minimum absolute atomic E-state index is 0.483. The molecule has 0 amide bonds. The minimum atomic E-state index is 0.483. The summed E-state index contributed by atoms with van der Waals surface area (Å²) in [5.74, 6) is 5.11. The van der Waals surface area contributed by atoms with Gasteiger partial charge < -0.3 is 10.6 Å². The summed E-state index contributed by atoms with van der Waals surface area (Å²) in [6.45, 7) is 0. The SMILES string of the molecule is COc1nn(C)c(=NN)n1C. The molecule has 1 rings (SSSR count). The molecule has 0 aromatic carbocycles. The second-order valence-electron chi connectivity index (χ2n) is 2.10. The van der Waals surface area contributed by atoms with Crippen molar-refractivity contribution in [3.05, 3.63) is 5.62 Å². The van der Waals surface area contributed by atoms with E-state index < -0.39 is 0 Å². The second kappa shape index (κ2) is 2.65. The summed E-state index contributed by atoms with van der Waals surface area (Å²) in [5.41, 5.74) is 0.557. The highest BCUT2D eigenvalue weighted by molar-refractivity contribution is 4.90. The van der Waals surface area contributed by atoms with Gasteiger partial charge in [0.2, 0.25) is 5.62 Å². The Morgan fingerprint density at radius 3 is 2.45 bits per heavy atom. The number of methoxy groups -OCH3 is 1. The van der Waals surface area contributed by atoms with Crippen molar-refractivity contribution < 1.29 is 4.74 Å². The maximum atomic E-state index is 5.11. The van der Waals surface area contributed by atoms with Crippen LogP contribution in [0.3, 0.4) is 0 Å². The summed E-state index contributed by atoms with van der Waals surface area (Å²) in [6, 6.07) is 0.483. The molecular formula is C5H11N5O. The first-order valence-corrected chi connectivity index (χ1v) is 3.08. The predicted molar refractivity (Wildman–Crippen MR) is 38.5 cm³/mol. The molecule has 0 aliphatic rings. The lowest BCUT2D eigenvalue weighted by atomic mass is 11.0. The van der Waals surface area contributed by atoms with Crippen molar-refractivity contribution >= 4 is 0 Å². The molecule has 0 bridgehead atoms. The number of hydrogen-bond donors (Lipinski definition) is 1. The Morgan fingerprint density at radius 2 is 2.18 bits per heavy atom. The van der Waals surface area contributed by atoms with Gasteiger partial charge in [0.05, 0.1) is 7.11 Å². The summed E-state index contributed by atoms with van der Waals surface area (Å²) in [4.78, 5) is 0. The molecule has 6 nitrogen and oxygen atoms in total. The van der Waals surface area contributed by atoms with E-state index in [9.17, 15) is 0 Å². The van der Waals surface area contributed by atoms with E-state index in [-0.39, 0.29) is 0 Å². The van der Waals surface area contributed by atoms with Crippen LogP contribution in [0.15, 0.2) is 5.10 Å². The number of nitrogens with two attached hydrogens (primary N) is 1. The molecule has 0 radical (unpaired) electrons. The molecule has 1 heterocycles. The number of nitrogens with zero attached hydrogens (tertiary/aromatic N) is 4. The lowest BCUT2D eigenvalue weighted by Gasteiger charge is -1.93. The Balaban J connectivity index is 3.38. The largest absolute Gasteiger partial charge is 0.467 e. The van der Waals surface area contributed by atoms with E-state index in [0.29, 0.717) is 11.6 Å². The molecule has 0 spiro atoms. The first-order valence-electron chi connectivity index (χ1n) is 3.08. The average molecular weight is 157 g/mol. The second-order valence-corrected chi connectivity index (χ2v) is 2.10. The van der Waals surface area contributed by atoms with Gasteiger partial charge in [-0.2, -0.15) is 0 Å². The molecule has 62 valence electrons. The Kier molecular flexibility index (Phi) is 1.84. The quantitative estimate of drug-likeness (QED) is 0.400. The fraction of sp³-hybridized carbons (Fsp3) is 0.600. The van der Waals surface area contributed by atoms with Crippen LogP contribution < -0.4 is 16.2 Å². The number of hydrogen-bond acceptors (Lipinski definition) is 4. The summed E-state index contributed by atoms with van der Waals surface area (Å²) in [5, 5.41) is 7.50. The standard InChI is InChI=1S/C5H11N5O/c1-9-4(7-6)10(2)8-5(9)11-3/h6H2,1-3H3. The summed E-state index contributed by atoms with van der Waals surface area (Å²) in [6.07, 6.45) is 0. The molecule has 0 aliphatic heterocycles. The van der Waals surface area contributed by atoms with Crippen LogP contribution in [0.5, 0.6) is 6.01 Å². The fourth-order valence-corrected chi connectivity index (χ4v) is 0.891. The molecule has 1 aromatic rings. The number of aromatic nitrogens is 3. The van der Waals surface area contributed by atoms with Crippen molar-refractivity contribution in [2.24, 2.45) is 25.0 Å². The van der Waals surface area contributed by atoms with E-state index in [1.807, 2.05) is 0 Å². The predicted octanol–water partition coefficient (Wildman–Crippen LogP) is -1.46. The van der Waals surface area contributed by atoms with Gasteiger partial charge in [0, 0.05) is 14.1 Å². The van der Waals surface area contributed by atoms with Crippen LogP contribution in [0.2, 0.25) is 0 Å². The number of aryl methyl sites for hydroxylation is 1. The van der Waals surface area contributed by atoms with Gasteiger partial charge in [-0.05, 0) is 0 Å². The molecule has 0 fully saturated rings. The van der Waals surface area contributed by atoms with Crippen LogP contribution in [-0.2, 0) is 14.1 Å². The maximum Gasteiger partial charge on any atom is 0.316 e. The first kappa shape index (κ1) is 7.64. The lowest BCUT2D eigenvalue weighted by Crippen LogP contribution is -2.24. The molecule has 0 saturated heterocycles. The smallest absolute Gasteiger partial charge is 0.316 e. The van der Waals surface area contributed by atoms with E-state index in [4.69, 9.17) is 10.6 Å². The normalized spacial score (nSPS) is 12.1. The Hall–Kier alpha value is -1.46. The van der Waals surface area contributed by atoms with Crippen molar-refractivity contribution in [1.29, 1.82) is 0 Å². The highest BCUT2D eigenvalue weighted by Crippen LogP contribution is 1.96. The van der Waals surface area contributed by atoms with Crippen molar-refractivity contribution in [2.45, 2.75) is 0 Å². The van der Waals surface area contributed by atoms with Gasteiger partial charge in [0.25, 0.3) is 0 Å². The molecule has 1 aromatic heterocycles. The van der Waals surface area contributed by atoms with Gasteiger partial charge in [-0.15, -0.1) is 10.2 Å². The van der Waals surface area contributed by atoms with Crippen LogP contribution >= 0.6 is 0 Å². The van der Waals surface area contributed by atoms with Crippen LogP contribution in [0.25, 0.3) is 0 Å². The average Bonchev–Trinajstić information content (AvgIpc) is 2.26. The van der Waals surface area contributed by atoms with Gasteiger partial charge in [0.15, 0.2) is 0 Å². The zero-order valence-electron chi connectivity index (χ0n) is 6.77. The van der Waals surface area contributed by atoms with Gasteiger partial charge in [0.1, 0.15) is 0 Å². The molecule has 0 atom stereocenters. The summed E-state index contributed by atoms with van der Waals surface area (Å²) < 4.78 is 8.12. The Labute approximate surface area is 63.9 Å². The van der Waals surface area contributed by atoms with Crippen LogP contribution in [0.4, 0.5) is 0 Å². The number of rotatable bonds is 1. The highest BCUT2D eigenvalue weighted by Gasteiger charge is 2.03. The van der Waals surface area contributed by atoms with E-state index in [1.165, 1.54) is 0 Å². The van der Waals surface area contributed by atoms with E-state index in [2.05, 4.69) is 10.2 Å². The third kappa shape index (κ3) is 1.06. The topological polar surface area (TPSA) is 70.4 Å². The molecule has 6 heteroatoms. The zero-order chi connectivity index (χ0) is 8.43. The molecule has 0 saturated carbocycles. The zero-order valence-corrected chi connectivity index (χ0v) is 6.77. The summed E-state index contributed by atoms with van der Waals surface area (Å²) >= 11 is 0. The van der Waals surface area contributed by atoms with Crippen molar-refractivity contribution in [3.63, 3.8) is 0 Å². The van der Waals surface area contributed by atoms with Crippen molar-refractivity contribution in [2.75, 3.05) is 7.11 Å². The van der Waals surface area contributed by atoms with Gasteiger partial charge in [-0.1, -0.05) is 0 Å². The maximum absolute atomic E-state index is 5.11. The fourth-order valence-electron chi connectivity index (χ4n) is 0.891. The molecule has 0 unspecified atom stereocenters. The van der Waals surface area contributed by atoms with E-state index >= 15 is 0 Å². The van der Waals surface area contributed by atoms with Crippen molar-refractivity contribution in [1.82, 2.24) is 14.3 Å². The number of ether oxygens (including phenoxy) is 1. The molecule has 2 N–H and O–H groups in total. The lowest BCUT2D eigenvalue weighted by molar-refractivity contribution is 0.361. The molecular weight excluding hydrogens is 146 g/mol. The first-order chi connectivity index (χ1) is 5.20. The third-order valence-electron chi connectivity index (χ3n) is 1.41. The van der Waals surface area contributed by atoms with Gasteiger partial charge in [-0.3, -0.25) is 4.57 Å². The molecule has 11 heavy (non-hydrogen) atoms. The third-order valence-corrected chi connectivity index (χ3v) is 1.41. The van der Waals surface area contributed by atoms with Crippen LogP contribution in [-0.4, -0.2) is 21.5 Å². The van der Waals surface area contributed by atoms with E-state index in [0.717, 1.165) is 0 Å². The van der Waals surface area contributed by atoms with Gasteiger partial charge >= 0.3 is 6.01 Å².